The number of alkyl halides is 3. The highest BCUT2D eigenvalue weighted by Crippen LogP contribution is 2.37. The molecule has 132 valence electrons. The highest BCUT2D eigenvalue weighted by Gasteiger charge is 2.36. The van der Waals surface area contributed by atoms with Crippen LogP contribution in [0.4, 0.5) is 18.9 Å². The maximum atomic E-state index is 13.4. The van der Waals surface area contributed by atoms with Crippen LogP contribution in [0.1, 0.15) is 17.1 Å². The van der Waals surface area contributed by atoms with Crippen molar-refractivity contribution in [2.75, 3.05) is 0 Å². The molecular formula is C19H13F3N2O2. The van der Waals surface area contributed by atoms with Crippen molar-refractivity contribution in [2.24, 2.45) is 0 Å². The third kappa shape index (κ3) is 3.26. The molecule has 4 nitrogen and oxygen atoms in total. The van der Waals surface area contributed by atoms with Crippen molar-refractivity contribution in [3.63, 3.8) is 0 Å². The van der Waals surface area contributed by atoms with E-state index in [1.54, 1.807) is 49.4 Å². The van der Waals surface area contributed by atoms with Crippen LogP contribution in [0.15, 0.2) is 57.7 Å². The quantitative estimate of drug-likeness (QED) is 0.616. The summed E-state index contributed by atoms with van der Waals surface area (Å²) in [6.07, 6.45) is -4.80. The Morgan fingerprint density at radius 2 is 1.85 bits per heavy atom. The average molecular weight is 358 g/mol. The number of benzene rings is 1. The Balaban J connectivity index is 2.30. The highest BCUT2D eigenvalue weighted by molar-refractivity contribution is 5.66. The summed E-state index contributed by atoms with van der Waals surface area (Å²) in [7, 11) is 0. The van der Waals surface area contributed by atoms with Crippen LogP contribution in [0, 0.1) is 13.5 Å². The molecule has 3 aromatic rings. The Kier molecular flexibility index (Phi) is 4.43. The van der Waals surface area contributed by atoms with Gasteiger partial charge in [0.25, 0.3) is 11.2 Å². The molecule has 2 aromatic heterocycles. The molecule has 0 saturated heterocycles. The topological polar surface area (TPSA) is 39.5 Å². The van der Waals surface area contributed by atoms with E-state index in [-0.39, 0.29) is 12.2 Å². The molecule has 0 atom stereocenters. The molecule has 0 aliphatic heterocycles. The van der Waals surface area contributed by atoms with Crippen molar-refractivity contribution in [3.8, 4) is 11.3 Å². The fourth-order valence-corrected chi connectivity index (χ4v) is 2.69. The molecule has 0 amide bonds. The Morgan fingerprint density at radius 1 is 1.15 bits per heavy atom. The van der Waals surface area contributed by atoms with E-state index in [2.05, 4.69) is 4.85 Å². The number of nitrogens with zero attached hydrogens (tertiary/aromatic N) is 2. The zero-order valence-electron chi connectivity index (χ0n) is 13.7. The van der Waals surface area contributed by atoms with Gasteiger partial charge in [-0.15, -0.1) is 0 Å². The molecule has 0 N–H and O–H groups in total. The Bertz CT molecular complexity index is 1040. The maximum Gasteiger partial charge on any atom is 0.407 e. The summed E-state index contributed by atoms with van der Waals surface area (Å²) in [5.41, 5.74) is -2.66. The molecular weight excluding hydrogens is 345 g/mol. The lowest BCUT2D eigenvalue weighted by atomic mass is 10.1. The summed E-state index contributed by atoms with van der Waals surface area (Å²) in [6.45, 7) is 8.70. The minimum absolute atomic E-state index is 0.0719. The molecule has 0 radical (unpaired) electrons. The first-order valence-electron chi connectivity index (χ1n) is 7.64. The van der Waals surface area contributed by atoms with Crippen LogP contribution in [0.3, 0.4) is 0 Å². The van der Waals surface area contributed by atoms with Crippen molar-refractivity contribution < 1.29 is 17.6 Å². The van der Waals surface area contributed by atoms with Crippen molar-refractivity contribution >= 4 is 5.69 Å². The first-order chi connectivity index (χ1) is 12.3. The van der Waals surface area contributed by atoms with Crippen molar-refractivity contribution in [3.05, 3.63) is 87.4 Å². The third-order valence-corrected chi connectivity index (χ3v) is 3.87. The predicted octanol–water partition coefficient (Wildman–Crippen LogP) is 5.03. The summed E-state index contributed by atoms with van der Waals surface area (Å²) >= 11 is 0. The van der Waals surface area contributed by atoms with E-state index in [0.717, 1.165) is 10.6 Å². The SMILES string of the molecule is [C-]#[N+]c1c(C(F)(F)F)cc(-c2ccccc2)n(Cc2ccc(C)o2)c1=O. The van der Waals surface area contributed by atoms with Gasteiger partial charge in [0.15, 0.2) is 0 Å². The van der Waals surface area contributed by atoms with Gasteiger partial charge in [0.2, 0.25) is 0 Å². The van der Waals surface area contributed by atoms with Crippen LogP contribution >= 0.6 is 0 Å². The zero-order chi connectivity index (χ0) is 18.9. The van der Waals surface area contributed by atoms with Crippen molar-refractivity contribution in [2.45, 2.75) is 19.6 Å². The first kappa shape index (κ1) is 17.5. The smallest absolute Gasteiger partial charge is 0.407 e. The lowest BCUT2D eigenvalue weighted by Crippen LogP contribution is -2.25. The van der Waals surface area contributed by atoms with Gasteiger partial charge in [-0.25, -0.2) is 4.85 Å². The molecule has 0 aliphatic rings. The largest absolute Gasteiger partial charge is 0.464 e. The predicted molar refractivity (Wildman–Crippen MR) is 89.9 cm³/mol. The summed E-state index contributed by atoms with van der Waals surface area (Å²) in [6, 6.07) is 12.5. The van der Waals surface area contributed by atoms with Gasteiger partial charge < -0.3 is 8.98 Å². The van der Waals surface area contributed by atoms with Crippen LogP contribution in [0.2, 0.25) is 0 Å². The number of furan rings is 1. The standard InChI is InChI=1S/C19H13F3N2O2/c1-12-8-9-14(26-12)11-24-16(13-6-4-3-5-7-13)10-15(19(20,21)22)17(23-2)18(24)25/h3-10H,11H2,1H3. The molecule has 0 unspecified atom stereocenters. The van der Waals surface area contributed by atoms with Crippen molar-refractivity contribution in [1.29, 1.82) is 0 Å². The highest BCUT2D eigenvalue weighted by atomic mass is 19.4. The van der Waals surface area contributed by atoms with Gasteiger partial charge in [-0.1, -0.05) is 30.3 Å². The Morgan fingerprint density at radius 3 is 2.38 bits per heavy atom. The van der Waals surface area contributed by atoms with Crippen LogP contribution in [-0.2, 0) is 12.7 Å². The minimum atomic E-state index is -4.80. The molecule has 0 saturated carbocycles. The summed E-state index contributed by atoms with van der Waals surface area (Å²) in [4.78, 5) is 15.5. The van der Waals surface area contributed by atoms with Crippen LogP contribution in [0.25, 0.3) is 16.1 Å². The molecule has 0 aliphatic carbocycles. The minimum Gasteiger partial charge on any atom is -0.464 e. The van der Waals surface area contributed by atoms with Gasteiger partial charge >= 0.3 is 6.18 Å². The van der Waals surface area contributed by atoms with Crippen LogP contribution < -0.4 is 5.56 Å². The molecule has 0 fully saturated rings. The number of aromatic nitrogens is 1. The molecule has 0 bridgehead atoms. The number of hydrogen-bond donors (Lipinski definition) is 0. The molecule has 7 heteroatoms. The molecule has 2 heterocycles. The van der Waals surface area contributed by atoms with E-state index >= 15 is 0 Å². The number of halogens is 3. The van der Waals surface area contributed by atoms with E-state index < -0.39 is 23.0 Å². The van der Waals surface area contributed by atoms with Crippen molar-refractivity contribution in [1.82, 2.24) is 4.57 Å². The maximum absolute atomic E-state index is 13.4. The second-order valence-corrected chi connectivity index (χ2v) is 5.67. The number of aryl methyl sites for hydroxylation is 1. The van der Waals surface area contributed by atoms with Gasteiger partial charge in [0, 0.05) is 5.69 Å². The molecule has 1 aromatic carbocycles. The number of hydrogen-bond acceptors (Lipinski definition) is 2. The van der Waals surface area contributed by atoms with E-state index in [1.807, 2.05) is 0 Å². The van der Waals surface area contributed by atoms with E-state index in [9.17, 15) is 18.0 Å². The molecule has 26 heavy (non-hydrogen) atoms. The second-order valence-electron chi connectivity index (χ2n) is 5.67. The lowest BCUT2D eigenvalue weighted by Gasteiger charge is -2.17. The molecule has 3 rings (SSSR count). The summed E-state index contributed by atoms with van der Waals surface area (Å²) < 4.78 is 46.7. The Labute approximate surface area is 146 Å². The first-order valence-corrected chi connectivity index (χ1v) is 7.64. The van der Waals surface area contributed by atoms with E-state index in [4.69, 9.17) is 11.0 Å². The monoisotopic (exact) mass is 358 g/mol. The van der Waals surface area contributed by atoms with E-state index in [0.29, 0.717) is 17.1 Å². The van der Waals surface area contributed by atoms with Gasteiger partial charge in [-0.05, 0) is 30.7 Å². The number of pyridine rings is 1. The lowest BCUT2D eigenvalue weighted by molar-refractivity contribution is -0.136. The van der Waals surface area contributed by atoms with Crippen LogP contribution in [0.5, 0.6) is 0 Å². The fourth-order valence-electron chi connectivity index (χ4n) is 2.69. The summed E-state index contributed by atoms with van der Waals surface area (Å²) in [5.74, 6) is 1.03. The third-order valence-electron chi connectivity index (χ3n) is 3.87. The Hall–Kier alpha value is -3.27. The van der Waals surface area contributed by atoms with Gasteiger partial charge in [0.1, 0.15) is 11.5 Å². The summed E-state index contributed by atoms with van der Waals surface area (Å²) in [5, 5.41) is 0. The average Bonchev–Trinajstić information content (AvgIpc) is 3.01. The fraction of sp³-hybridized carbons (Fsp3) is 0.158. The van der Waals surface area contributed by atoms with Crippen LogP contribution in [-0.4, -0.2) is 4.57 Å². The molecule has 0 spiro atoms. The number of rotatable bonds is 3. The van der Waals surface area contributed by atoms with Gasteiger partial charge in [-0.2, -0.15) is 13.2 Å². The van der Waals surface area contributed by atoms with E-state index in [1.165, 1.54) is 0 Å². The van der Waals surface area contributed by atoms with Gasteiger partial charge in [0.05, 0.1) is 18.7 Å². The van der Waals surface area contributed by atoms with Gasteiger partial charge in [-0.3, -0.25) is 4.79 Å². The zero-order valence-corrected chi connectivity index (χ0v) is 13.7. The second kappa shape index (κ2) is 6.56. The normalized spacial score (nSPS) is 11.3.